The maximum absolute atomic E-state index is 14.5. The molecule has 3 saturated heterocycles. The molecular weight excluding hydrogens is 967 g/mol. The largest absolute Gasteiger partial charge is 0.459 e. The molecule has 6 N–H and O–H groups in total. The Morgan fingerprint density at radius 1 is 0.907 bits per heavy atom. The van der Waals surface area contributed by atoms with Gasteiger partial charge in [-0.1, -0.05) is 75.9 Å². The molecule has 5 rings (SSSR count). The number of ketones is 1. The normalized spacial score (nSPS) is 38.0. The van der Waals surface area contributed by atoms with Gasteiger partial charge in [-0.2, -0.15) is 0 Å². The molecule has 0 saturated carbocycles. The fourth-order valence-corrected chi connectivity index (χ4v) is 11.8. The molecule has 4 heterocycles. The molecule has 0 unspecified atom stereocenters. The number of hydrogen-bond acceptors (Lipinski definition) is 18. The summed E-state index contributed by atoms with van der Waals surface area (Å²) in [4.78, 5) is 29.8. The van der Waals surface area contributed by atoms with Gasteiger partial charge in [0.05, 0.1) is 47.7 Å². The van der Waals surface area contributed by atoms with Crippen LogP contribution in [0.4, 0.5) is 0 Å². The second-order valence-corrected chi connectivity index (χ2v) is 23.2. The molecule has 428 valence electrons. The minimum Gasteiger partial charge on any atom is -0.459 e. The molecule has 2 aromatic rings. The second-order valence-electron chi connectivity index (χ2n) is 23.2. The lowest BCUT2D eigenvalue weighted by atomic mass is 9.77. The second kappa shape index (κ2) is 27.7. The maximum atomic E-state index is 14.5. The predicted octanol–water partition coefficient (Wildman–Crippen LogP) is 5.02. The lowest BCUT2D eigenvalue weighted by Crippen LogP contribution is -2.60. The van der Waals surface area contributed by atoms with Crippen molar-refractivity contribution in [2.75, 3.05) is 34.4 Å². The molecule has 0 radical (unpaired) electrons. The number of esters is 1. The summed E-state index contributed by atoms with van der Waals surface area (Å²) >= 11 is 0. The molecule has 0 aliphatic carbocycles. The number of likely N-dealkylation sites (N-methyl/N-ethyl adjacent to an activating group) is 2. The first-order chi connectivity index (χ1) is 35.3. The first-order valence-corrected chi connectivity index (χ1v) is 27.7. The van der Waals surface area contributed by atoms with Crippen molar-refractivity contribution in [3.63, 3.8) is 0 Å². The van der Waals surface area contributed by atoms with Gasteiger partial charge >= 0.3 is 5.97 Å². The number of hydrogen-bond donors (Lipinski definition) is 6. The van der Waals surface area contributed by atoms with Gasteiger partial charge in [-0.25, -0.2) is 0 Å². The van der Waals surface area contributed by atoms with Gasteiger partial charge in [0.15, 0.2) is 18.4 Å². The Morgan fingerprint density at radius 3 is 2.20 bits per heavy atom. The Labute approximate surface area is 446 Å². The third kappa shape index (κ3) is 16.3. The number of aliphatic hydroxyl groups is 6. The van der Waals surface area contributed by atoms with Gasteiger partial charge in [-0.15, -0.1) is 5.10 Å². The SMILES string of the molecule is CC[C@H]1OC(=O)[C@H](C)[C@@H](O[C@H]2C[C@@](C)(OC)[C@@H](O)[C@H](C)O2)[C@H](C)[C@@H](O[C@@H]2O[C@H](C)C[C@H](N(C)Cc3ccc(-c4cn(CCCCCCCCC(=O)CO)nn4)cc3)[C@H]2O)[C@](C)(O)C[C@@H](C)CN(C)[C@H](C)[C@@H](O)[C@]1(C)O. The number of aromatic nitrogens is 3. The van der Waals surface area contributed by atoms with E-state index in [1.54, 1.807) is 41.5 Å². The molecule has 3 aliphatic rings. The van der Waals surface area contributed by atoms with E-state index in [4.69, 9.17) is 33.5 Å². The highest BCUT2D eigenvalue weighted by molar-refractivity contribution is 5.79. The number of cyclic esters (lactones) is 1. The van der Waals surface area contributed by atoms with Crippen LogP contribution in [0.2, 0.25) is 0 Å². The van der Waals surface area contributed by atoms with Crippen LogP contribution in [0.5, 0.6) is 0 Å². The predicted molar refractivity (Wildman–Crippen MR) is 282 cm³/mol. The van der Waals surface area contributed by atoms with E-state index in [2.05, 4.69) is 15.2 Å². The number of aryl methyl sites for hydroxylation is 1. The number of ether oxygens (including phenoxy) is 6. The van der Waals surface area contributed by atoms with Gasteiger partial charge in [0.1, 0.15) is 42.3 Å². The summed E-state index contributed by atoms with van der Waals surface area (Å²) in [6, 6.07) is 7.12. The molecule has 75 heavy (non-hydrogen) atoms. The van der Waals surface area contributed by atoms with Gasteiger partial charge in [0.25, 0.3) is 0 Å². The molecule has 3 aliphatic heterocycles. The molecule has 3 fully saturated rings. The lowest BCUT2D eigenvalue weighted by Gasteiger charge is -2.49. The minimum atomic E-state index is -1.84. The van der Waals surface area contributed by atoms with Crippen molar-refractivity contribution in [2.45, 2.75) is 243 Å². The monoisotopic (exact) mass is 1060 g/mol. The van der Waals surface area contributed by atoms with E-state index in [-0.39, 0.29) is 43.7 Å². The average molecular weight is 1060 g/mol. The van der Waals surface area contributed by atoms with Crippen LogP contribution in [-0.2, 0) is 51.1 Å². The minimum absolute atomic E-state index is 0.0990. The zero-order valence-electron chi connectivity index (χ0n) is 47.3. The van der Waals surface area contributed by atoms with E-state index in [0.29, 0.717) is 25.9 Å². The topological polar surface area (TPSA) is 248 Å². The number of nitrogens with zero attached hydrogens (tertiary/aromatic N) is 5. The summed E-state index contributed by atoms with van der Waals surface area (Å²) in [5, 5.41) is 77.5. The summed E-state index contributed by atoms with van der Waals surface area (Å²) in [6.45, 7) is 18.9. The number of rotatable bonds is 20. The fourth-order valence-electron chi connectivity index (χ4n) is 11.8. The third-order valence-electron chi connectivity index (χ3n) is 16.6. The van der Waals surface area contributed by atoms with E-state index < -0.39 is 102 Å². The Morgan fingerprint density at radius 2 is 1.56 bits per heavy atom. The number of methoxy groups -OCH3 is 1. The van der Waals surface area contributed by atoms with Crippen LogP contribution in [0, 0.1) is 17.8 Å². The lowest BCUT2D eigenvalue weighted by molar-refractivity contribution is -0.318. The van der Waals surface area contributed by atoms with Gasteiger partial charge in [0.2, 0.25) is 0 Å². The number of aliphatic hydroxyl groups excluding tert-OH is 4. The van der Waals surface area contributed by atoms with Crippen molar-refractivity contribution in [3.05, 3.63) is 36.0 Å². The zero-order valence-corrected chi connectivity index (χ0v) is 47.3. The number of Topliss-reactive ketones (excluding diaryl/α,β-unsaturated/α-hetero) is 1. The van der Waals surface area contributed by atoms with Crippen LogP contribution in [0.1, 0.15) is 145 Å². The quantitative estimate of drug-likeness (QED) is 0.0753. The summed E-state index contributed by atoms with van der Waals surface area (Å²) in [7, 11) is 5.30. The molecular formula is C56H95N5O14. The van der Waals surface area contributed by atoms with Crippen LogP contribution in [0.25, 0.3) is 11.3 Å². The zero-order chi connectivity index (χ0) is 55.6. The Balaban J connectivity index is 1.36. The standard InChI is InChI=1S/C56H95N5O14/c1-14-45-56(10,69)49(65)38(6)59(11)30-34(2)28-54(8,68)51(36(4)48(37(5)52(67)73-45)74-46-29-55(9,70-13)50(66)39(7)72-46)75-53-47(64)44(27-35(3)71-53)60(12)31-40-22-24-41(25-23-40)43-32-61(58-57-43)26-20-18-16-15-17-19-21-42(63)33-62/h22-25,32,34-39,44-51,53,62,64-66,68-69H,14-21,26-31,33H2,1-13H3/t34-,35-,36+,37-,38-,39+,44+,45-,46+,47-,48+,49-,50+,51-,53+,54-,55-,56-/m1/s1. The van der Waals surface area contributed by atoms with Gasteiger partial charge in [0, 0.05) is 63.2 Å². The molecule has 0 amide bonds. The van der Waals surface area contributed by atoms with Crippen molar-refractivity contribution < 1.29 is 68.6 Å². The molecule has 0 bridgehead atoms. The maximum Gasteiger partial charge on any atom is 0.311 e. The van der Waals surface area contributed by atoms with E-state index >= 15 is 0 Å². The van der Waals surface area contributed by atoms with Gasteiger partial charge in [-0.3, -0.25) is 19.2 Å². The summed E-state index contributed by atoms with van der Waals surface area (Å²) in [5.74, 6) is -2.88. The highest BCUT2D eigenvalue weighted by atomic mass is 16.7. The van der Waals surface area contributed by atoms with Gasteiger partial charge in [-0.05, 0) is 106 Å². The summed E-state index contributed by atoms with van der Waals surface area (Å²) in [6.07, 6.45) is -0.687. The number of carbonyl (C=O) groups is 2. The number of carbonyl (C=O) groups excluding carboxylic acids is 2. The Bertz CT molecular complexity index is 2060. The highest BCUT2D eigenvalue weighted by Gasteiger charge is 2.53. The van der Waals surface area contributed by atoms with Crippen LogP contribution in [0.15, 0.2) is 30.5 Å². The average Bonchev–Trinajstić information content (AvgIpc) is 3.84. The van der Waals surface area contributed by atoms with Crippen molar-refractivity contribution in [3.8, 4) is 11.3 Å². The Kier molecular flexibility index (Phi) is 23.2. The van der Waals surface area contributed by atoms with Crippen LogP contribution < -0.4 is 0 Å². The van der Waals surface area contributed by atoms with Crippen LogP contribution in [-0.4, -0.2) is 192 Å². The number of unbranched alkanes of at least 4 members (excludes halogenated alkanes) is 5. The first kappa shape index (κ1) is 62.8. The van der Waals surface area contributed by atoms with E-state index in [1.807, 2.05) is 74.9 Å². The van der Waals surface area contributed by atoms with E-state index in [9.17, 15) is 35.1 Å². The van der Waals surface area contributed by atoms with Crippen molar-refractivity contribution >= 4 is 11.8 Å². The molecule has 18 atom stereocenters. The molecule has 1 aromatic carbocycles. The molecule has 1 aromatic heterocycles. The first-order valence-electron chi connectivity index (χ1n) is 27.7. The summed E-state index contributed by atoms with van der Waals surface area (Å²) in [5.41, 5.74) is -1.81. The Hall–Kier alpha value is -3.02. The van der Waals surface area contributed by atoms with E-state index in [1.165, 1.54) is 14.0 Å². The van der Waals surface area contributed by atoms with Crippen molar-refractivity contribution in [1.82, 2.24) is 24.8 Å². The van der Waals surface area contributed by atoms with Crippen LogP contribution >= 0.6 is 0 Å². The third-order valence-corrected chi connectivity index (χ3v) is 16.6. The number of benzene rings is 1. The van der Waals surface area contributed by atoms with Gasteiger partial charge < -0.3 is 64.0 Å². The smallest absolute Gasteiger partial charge is 0.311 e. The molecule has 0 spiro atoms. The molecule has 19 nitrogen and oxygen atoms in total. The summed E-state index contributed by atoms with van der Waals surface area (Å²) < 4.78 is 40.3. The highest BCUT2D eigenvalue weighted by Crippen LogP contribution is 2.40. The van der Waals surface area contributed by atoms with Crippen molar-refractivity contribution in [2.24, 2.45) is 17.8 Å². The van der Waals surface area contributed by atoms with E-state index in [0.717, 1.165) is 61.9 Å². The molecule has 19 heteroatoms. The van der Waals surface area contributed by atoms with Crippen LogP contribution in [0.3, 0.4) is 0 Å². The van der Waals surface area contributed by atoms with Crippen molar-refractivity contribution in [1.29, 1.82) is 0 Å². The fraction of sp³-hybridized carbons (Fsp3) is 0.821.